The fourth-order valence-electron chi connectivity index (χ4n) is 2.18. The molecule has 0 bridgehead atoms. The van der Waals surface area contributed by atoms with Crippen molar-refractivity contribution in [1.82, 2.24) is 9.71 Å². The van der Waals surface area contributed by atoms with Gasteiger partial charge in [-0.25, -0.2) is 13.1 Å². The Morgan fingerprint density at radius 3 is 2.43 bits per heavy atom. The van der Waals surface area contributed by atoms with Crippen LogP contribution in [0.3, 0.4) is 0 Å². The van der Waals surface area contributed by atoms with Crippen molar-refractivity contribution in [1.29, 1.82) is 0 Å². The van der Waals surface area contributed by atoms with Crippen LogP contribution >= 0.6 is 0 Å². The summed E-state index contributed by atoms with van der Waals surface area (Å²) in [5.41, 5.74) is 2.73. The van der Waals surface area contributed by atoms with Gasteiger partial charge in [0.15, 0.2) is 0 Å². The van der Waals surface area contributed by atoms with Crippen molar-refractivity contribution < 1.29 is 17.9 Å². The number of hydrogen-bond donors (Lipinski definition) is 1. The molecule has 0 unspecified atom stereocenters. The van der Waals surface area contributed by atoms with Crippen molar-refractivity contribution in [2.45, 2.75) is 20.5 Å². The number of nitrogens with one attached hydrogen (secondary N) is 1. The monoisotopic (exact) mass is 334 g/mol. The SMILES string of the molecule is Cc1cc(C(=O)NS(C)(=O)=O)cc(C)c1OCc1cccnc1. The summed E-state index contributed by atoms with van der Waals surface area (Å²) in [5, 5.41) is 0. The standard InChI is InChI=1S/C16H18N2O4S/c1-11-7-14(16(19)18-23(3,20)21)8-12(2)15(11)22-10-13-5-4-6-17-9-13/h4-9H,10H2,1-3H3,(H,18,19). The van der Waals surface area contributed by atoms with Crippen LogP contribution in [0.15, 0.2) is 36.7 Å². The van der Waals surface area contributed by atoms with E-state index in [1.54, 1.807) is 24.5 Å². The van der Waals surface area contributed by atoms with E-state index in [-0.39, 0.29) is 5.56 Å². The third-order valence-electron chi connectivity index (χ3n) is 3.11. The normalized spacial score (nSPS) is 11.1. The van der Waals surface area contributed by atoms with Gasteiger partial charge >= 0.3 is 0 Å². The average molecular weight is 334 g/mol. The lowest BCUT2D eigenvalue weighted by Gasteiger charge is -2.14. The fraction of sp³-hybridized carbons (Fsp3) is 0.250. The molecule has 122 valence electrons. The second kappa shape index (κ2) is 6.78. The van der Waals surface area contributed by atoms with Crippen LogP contribution in [-0.2, 0) is 16.6 Å². The van der Waals surface area contributed by atoms with Gasteiger partial charge in [-0.05, 0) is 43.2 Å². The fourth-order valence-corrected chi connectivity index (χ4v) is 2.63. The highest BCUT2D eigenvalue weighted by Gasteiger charge is 2.15. The molecule has 1 heterocycles. The molecular formula is C16H18N2O4S. The third-order valence-corrected chi connectivity index (χ3v) is 3.66. The number of benzene rings is 1. The number of amides is 1. The molecule has 0 saturated carbocycles. The van der Waals surface area contributed by atoms with E-state index < -0.39 is 15.9 Å². The van der Waals surface area contributed by atoms with E-state index in [0.29, 0.717) is 12.4 Å². The molecule has 23 heavy (non-hydrogen) atoms. The van der Waals surface area contributed by atoms with Gasteiger partial charge in [-0.3, -0.25) is 9.78 Å². The zero-order chi connectivity index (χ0) is 17.0. The predicted molar refractivity (Wildman–Crippen MR) is 86.8 cm³/mol. The van der Waals surface area contributed by atoms with Crippen LogP contribution in [0.4, 0.5) is 0 Å². The summed E-state index contributed by atoms with van der Waals surface area (Å²) in [6.45, 7) is 3.98. The summed E-state index contributed by atoms with van der Waals surface area (Å²) in [4.78, 5) is 15.9. The Balaban J connectivity index is 2.19. The van der Waals surface area contributed by atoms with Gasteiger partial charge in [0.25, 0.3) is 5.91 Å². The number of carbonyl (C=O) groups excluding carboxylic acids is 1. The number of aryl methyl sites for hydroxylation is 2. The lowest BCUT2D eigenvalue weighted by molar-refractivity contribution is 0.0981. The molecule has 0 radical (unpaired) electrons. The first-order chi connectivity index (χ1) is 10.8. The van der Waals surface area contributed by atoms with Gasteiger partial charge < -0.3 is 4.74 Å². The number of carbonyl (C=O) groups is 1. The maximum Gasteiger partial charge on any atom is 0.264 e. The van der Waals surface area contributed by atoms with Gasteiger partial charge in [-0.1, -0.05) is 6.07 Å². The van der Waals surface area contributed by atoms with E-state index in [1.165, 1.54) is 0 Å². The average Bonchev–Trinajstić information content (AvgIpc) is 2.45. The first kappa shape index (κ1) is 17.0. The molecule has 0 aliphatic heterocycles. The van der Waals surface area contributed by atoms with Gasteiger partial charge in [0.05, 0.1) is 6.26 Å². The Labute approximate surface area is 135 Å². The van der Waals surface area contributed by atoms with Crippen molar-refractivity contribution in [2.75, 3.05) is 6.26 Å². The van der Waals surface area contributed by atoms with Crippen molar-refractivity contribution >= 4 is 15.9 Å². The third kappa shape index (κ3) is 4.79. The second-order valence-corrected chi connectivity index (χ2v) is 7.04. The molecule has 1 amide bonds. The van der Waals surface area contributed by atoms with Gasteiger partial charge in [0.2, 0.25) is 10.0 Å². The Morgan fingerprint density at radius 2 is 1.91 bits per heavy atom. The Morgan fingerprint density at radius 1 is 1.26 bits per heavy atom. The van der Waals surface area contributed by atoms with E-state index >= 15 is 0 Å². The molecule has 2 aromatic rings. The minimum atomic E-state index is -3.59. The molecule has 1 aromatic carbocycles. The zero-order valence-corrected chi connectivity index (χ0v) is 14.0. The molecule has 2 rings (SSSR count). The summed E-state index contributed by atoms with van der Waals surface area (Å²) in [6.07, 6.45) is 4.35. The molecule has 7 heteroatoms. The number of aromatic nitrogens is 1. The van der Waals surface area contributed by atoms with Gasteiger partial charge in [-0.15, -0.1) is 0 Å². The molecule has 0 aliphatic carbocycles. The maximum atomic E-state index is 11.9. The topological polar surface area (TPSA) is 85.4 Å². The van der Waals surface area contributed by atoms with Crippen LogP contribution in [-0.4, -0.2) is 25.6 Å². The molecule has 1 aromatic heterocycles. The molecule has 0 atom stereocenters. The van der Waals surface area contributed by atoms with Crippen molar-refractivity contribution in [2.24, 2.45) is 0 Å². The summed E-state index contributed by atoms with van der Waals surface area (Å²) < 4.78 is 30.0. The van der Waals surface area contributed by atoms with Crippen molar-refractivity contribution in [3.8, 4) is 5.75 Å². The molecule has 0 fully saturated rings. The summed E-state index contributed by atoms with van der Waals surface area (Å²) in [5.74, 6) is 0.0160. The first-order valence-electron chi connectivity index (χ1n) is 6.91. The highest BCUT2D eigenvalue weighted by molar-refractivity contribution is 7.89. The van der Waals surface area contributed by atoms with Crippen LogP contribution in [0.1, 0.15) is 27.0 Å². The van der Waals surface area contributed by atoms with Crippen molar-refractivity contribution in [3.63, 3.8) is 0 Å². The van der Waals surface area contributed by atoms with E-state index in [9.17, 15) is 13.2 Å². The number of hydrogen-bond acceptors (Lipinski definition) is 5. The molecule has 0 saturated heterocycles. The Hall–Kier alpha value is -2.41. The number of pyridine rings is 1. The highest BCUT2D eigenvalue weighted by Crippen LogP contribution is 2.25. The minimum absolute atomic E-state index is 0.277. The predicted octanol–water partition coefficient (Wildman–Crippen LogP) is 1.97. The van der Waals surface area contributed by atoms with Crippen molar-refractivity contribution in [3.05, 3.63) is 58.9 Å². The Bertz CT molecular complexity index is 794. The summed E-state index contributed by atoms with van der Waals surface area (Å²) in [7, 11) is -3.59. The van der Waals surface area contributed by atoms with E-state index in [2.05, 4.69) is 4.98 Å². The van der Waals surface area contributed by atoms with Gasteiger partial charge in [0, 0.05) is 23.5 Å². The van der Waals surface area contributed by atoms with Gasteiger partial charge in [-0.2, -0.15) is 0 Å². The second-order valence-electron chi connectivity index (χ2n) is 5.29. The number of rotatable bonds is 5. The molecule has 0 spiro atoms. The largest absolute Gasteiger partial charge is 0.488 e. The minimum Gasteiger partial charge on any atom is -0.488 e. The van der Waals surface area contributed by atoms with Crippen LogP contribution in [0.2, 0.25) is 0 Å². The van der Waals surface area contributed by atoms with Crippen LogP contribution in [0.25, 0.3) is 0 Å². The Kier molecular flexibility index (Phi) is 5.00. The van der Waals surface area contributed by atoms with Crippen LogP contribution in [0.5, 0.6) is 5.75 Å². The molecule has 0 aliphatic rings. The quantitative estimate of drug-likeness (QED) is 0.903. The lowest BCUT2D eigenvalue weighted by Crippen LogP contribution is -2.29. The smallest absolute Gasteiger partial charge is 0.264 e. The molecular weight excluding hydrogens is 316 g/mol. The van der Waals surface area contributed by atoms with Crippen LogP contribution in [0, 0.1) is 13.8 Å². The summed E-state index contributed by atoms with van der Waals surface area (Å²) in [6, 6.07) is 6.95. The lowest BCUT2D eigenvalue weighted by atomic mass is 10.1. The van der Waals surface area contributed by atoms with E-state index in [1.807, 2.05) is 30.7 Å². The number of sulfonamides is 1. The highest BCUT2D eigenvalue weighted by atomic mass is 32.2. The number of ether oxygens (including phenoxy) is 1. The van der Waals surface area contributed by atoms with E-state index in [0.717, 1.165) is 22.9 Å². The number of nitrogens with zero attached hydrogens (tertiary/aromatic N) is 1. The van der Waals surface area contributed by atoms with Gasteiger partial charge in [0.1, 0.15) is 12.4 Å². The first-order valence-corrected chi connectivity index (χ1v) is 8.80. The van der Waals surface area contributed by atoms with E-state index in [4.69, 9.17) is 4.74 Å². The molecule has 1 N–H and O–H groups in total. The summed E-state index contributed by atoms with van der Waals surface area (Å²) >= 11 is 0. The zero-order valence-electron chi connectivity index (χ0n) is 13.2. The molecule has 6 nitrogen and oxygen atoms in total. The maximum absolute atomic E-state index is 11.9. The van der Waals surface area contributed by atoms with Crippen LogP contribution < -0.4 is 9.46 Å².